The average Bonchev–Trinajstić information content (AvgIpc) is 2.22. The highest BCUT2D eigenvalue weighted by molar-refractivity contribution is 7.89. The van der Waals surface area contributed by atoms with Crippen LogP contribution in [0.1, 0.15) is 58.8 Å². The summed E-state index contributed by atoms with van der Waals surface area (Å²) < 4.78 is 26.9. The fraction of sp³-hybridized carbons (Fsp3) is 1.00. The van der Waals surface area contributed by atoms with Crippen molar-refractivity contribution in [3.05, 3.63) is 0 Å². The molecule has 0 heterocycles. The molecule has 17 heavy (non-hydrogen) atoms. The summed E-state index contributed by atoms with van der Waals surface area (Å²) in [4.78, 5) is 0. The summed E-state index contributed by atoms with van der Waals surface area (Å²) in [6.07, 6.45) is 7.75. The Morgan fingerprint density at radius 3 is 2.41 bits per heavy atom. The first-order chi connectivity index (χ1) is 7.95. The summed E-state index contributed by atoms with van der Waals surface area (Å²) >= 11 is 0. The molecule has 0 saturated carbocycles. The zero-order valence-electron chi connectivity index (χ0n) is 11.2. The van der Waals surface area contributed by atoms with Gasteiger partial charge in [0.2, 0.25) is 10.0 Å². The minimum Gasteiger partial charge on any atom is -0.379 e. The zero-order chi connectivity index (χ0) is 13.1. The molecule has 0 radical (unpaired) electrons. The molecule has 1 atom stereocenters. The molecular weight excluding hydrogens is 238 g/mol. The van der Waals surface area contributed by atoms with Crippen molar-refractivity contribution in [2.45, 2.75) is 64.9 Å². The van der Waals surface area contributed by atoms with Gasteiger partial charge in [-0.3, -0.25) is 0 Å². The first-order valence-corrected chi connectivity index (χ1v) is 8.29. The summed E-state index contributed by atoms with van der Waals surface area (Å²) in [5.74, 6) is 0.0568. The lowest BCUT2D eigenvalue weighted by molar-refractivity contribution is 0.0567. The van der Waals surface area contributed by atoms with E-state index < -0.39 is 10.0 Å². The van der Waals surface area contributed by atoms with Gasteiger partial charge in [-0.1, -0.05) is 32.6 Å². The molecule has 5 heteroatoms. The SMILES string of the molecule is CCCCCCC(C)OCCCCS(N)(=O)=O. The minimum atomic E-state index is -3.30. The van der Waals surface area contributed by atoms with Crippen molar-refractivity contribution >= 4 is 10.0 Å². The maximum absolute atomic E-state index is 10.7. The molecule has 4 nitrogen and oxygen atoms in total. The first-order valence-electron chi connectivity index (χ1n) is 6.57. The zero-order valence-corrected chi connectivity index (χ0v) is 12.0. The maximum atomic E-state index is 10.7. The second-order valence-corrected chi connectivity index (χ2v) is 6.34. The van der Waals surface area contributed by atoms with Crippen molar-refractivity contribution in [3.8, 4) is 0 Å². The molecule has 0 fully saturated rings. The smallest absolute Gasteiger partial charge is 0.209 e. The molecule has 104 valence electrons. The van der Waals surface area contributed by atoms with Gasteiger partial charge in [-0.25, -0.2) is 13.6 Å². The topological polar surface area (TPSA) is 69.4 Å². The van der Waals surface area contributed by atoms with E-state index in [1.807, 2.05) is 0 Å². The molecule has 0 aliphatic carbocycles. The van der Waals surface area contributed by atoms with E-state index in [0.29, 0.717) is 13.0 Å². The third kappa shape index (κ3) is 13.8. The molecule has 0 bridgehead atoms. The van der Waals surface area contributed by atoms with Gasteiger partial charge in [0.05, 0.1) is 11.9 Å². The largest absolute Gasteiger partial charge is 0.379 e. The standard InChI is InChI=1S/C12H27NO3S/c1-3-4-5-6-9-12(2)16-10-7-8-11-17(13,14)15/h12H,3-11H2,1-2H3,(H2,13,14,15). The highest BCUT2D eigenvalue weighted by atomic mass is 32.2. The average molecular weight is 265 g/mol. The van der Waals surface area contributed by atoms with Gasteiger partial charge in [-0.05, 0) is 26.2 Å². The molecule has 0 spiro atoms. The first kappa shape index (κ1) is 16.9. The molecule has 0 aromatic heterocycles. The van der Waals surface area contributed by atoms with Crippen molar-refractivity contribution in [1.82, 2.24) is 0 Å². The Balaban J connectivity index is 3.30. The van der Waals surface area contributed by atoms with Crippen molar-refractivity contribution in [1.29, 1.82) is 0 Å². The van der Waals surface area contributed by atoms with Gasteiger partial charge in [0.1, 0.15) is 0 Å². The highest BCUT2D eigenvalue weighted by Gasteiger charge is 2.04. The third-order valence-corrected chi connectivity index (χ3v) is 3.55. The monoisotopic (exact) mass is 265 g/mol. The molecule has 0 aliphatic rings. The predicted molar refractivity (Wildman–Crippen MR) is 71.4 cm³/mol. The van der Waals surface area contributed by atoms with Crippen LogP contribution < -0.4 is 5.14 Å². The van der Waals surface area contributed by atoms with Crippen LogP contribution in [0.3, 0.4) is 0 Å². The predicted octanol–water partition coefficient (Wildman–Crippen LogP) is 2.43. The molecule has 0 rings (SSSR count). The Bertz CT molecular complexity index is 265. The van der Waals surface area contributed by atoms with E-state index >= 15 is 0 Å². The summed E-state index contributed by atoms with van der Waals surface area (Å²) in [5.41, 5.74) is 0. The Hall–Kier alpha value is -0.130. The van der Waals surface area contributed by atoms with E-state index in [-0.39, 0.29) is 11.9 Å². The van der Waals surface area contributed by atoms with Crippen LogP contribution in [0.4, 0.5) is 0 Å². The van der Waals surface area contributed by atoms with E-state index in [4.69, 9.17) is 9.88 Å². The van der Waals surface area contributed by atoms with Crippen LogP contribution in [0.2, 0.25) is 0 Å². The second kappa shape index (κ2) is 9.85. The number of primary sulfonamides is 1. The number of hydrogen-bond acceptors (Lipinski definition) is 3. The number of unbranched alkanes of at least 4 members (excludes halogenated alkanes) is 4. The lowest BCUT2D eigenvalue weighted by Gasteiger charge is -2.12. The quantitative estimate of drug-likeness (QED) is 0.583. The summed E-state index contributed by atoms with van der Waals surface area (Å²) in [5, 5.41) is 4.90. The van der Waals surface area contributed by atoms with Gasteiger partial charge in [-0.2, -0.15) is 0 Å². The number of hydrogen-bond donors (Lipinski definition) is 1. The van der Waals surface area contributed by atoms with Gasteiger partial charge in [0, 0.05) is 6.61 Å². The molecule has 0 aliphatic heterocycles. The highest BCUT2D eigenvalue weighted by Crippen LogP contribution is 2.08. The van der Waals surface area contributed by atoms with Crippen LogP contribution >= 0.6 is 0 Å². The molecule has 2 N–H and O–H groups in total. The normalized spacial score (nSPS) is 13.8. The van der Waals surface area contributed by atoms with Crippen LogP contribution in [0.15, 0.2) is 0 Å². The lowest BCUT2D eigenvalue weighted by atomic mass is 10.1. The molecule has 0 amide bonds. The van der Waals surface area contributed by atoms with Crippen molar-refractivity contribution in [2.24, 2.45) is 5.14 Å². The lowest BCUT2D eigenvalue weighted by Crippen LogP contribution is -2.17. The van der Waals surface area contributed by atoms with E-state index in [9.17, 15) is 8.42 Å². The summed E-state index contributed by atoms with van der Waals surface area (Å²) in [7, 11) is -3.30. The molecule has 0 aromatic carbocycles. The number of rotatable bonds is 11. The number of nitrogens with two attached hydrogens (primary N) is 1. The van der Waals surface area contributed by atoms with Crippen molar-refractivity contribution in [3.63, 3.8) is 0 Å². The van der Waals surface area contributed by atoms with E-state index in [1.165, 1.54) is 25.7 Å². The van der Waals surface area contributed by atoms with Gasteiger partial charge >= 0.3 is 0 Å². The van der Waals surface area contributed by atoms with Crippen LogP contribution in [-0.4, -0.2) is 26.9 Å². The Labute approximate surface area is 106 Å². The van der Waals surface area contributed by atoms with Gasteiger partial charge < -0.3 is 4.74 Å². The third-order valence-electron chi connectivity index (χ3n) is 2.69. The van der Waals surface area contributed by atoms with E-state index in [2.05, 4.69) is 13.8 Å². The Morgan fingerprint density at radius 2 is 1.82 bits per heavy atom. The van der Waals surface area contributed by atoms with Gasteiger partial charge in [-0.15, -0.1) is 0 Å². The fourth-order valence-corrected chi connectivity index (χ4v) is 2.24. The maximum Gasteiger partial charge on any atom is 0.209 e. The minimum absolute atomic E-state index is 0.0568. The number of ether oxygens (including phenoxy) is 1. The van der Waals surface area contributed by atoms with Crippen LogP contribution in [-0.2, 0) is 14.8 Å². The van der Waals surface area contributed by atoms with Crippen LogP contribution in [0, 0.1) is 0 Å². The molecule has 0 saturated heterocycles. The van der Waals surface area contributed by atoms with Gasteiger partial charge in [0.25, 0.3) is 0 Å². The van der Waals surface area contributed by atoms with Crippen molar-refractivity contribution in [2.75, 3.05) is 12.4 Å². The fourth-order valence-electron chi connectivity index (χ4n) is 1.63. The van der Waals surface area contributed by atoms with E-state index in [0.717, 1.165) is 12.8 Å². The summed E-state index contributed by atoms with van der Waals surface area (Å²) in [6, 6.07) is 0. The molecule has 1 unspecified atom stereocenters. The Morgan fingerprint density at radius 1 is 1.12 bits per heavy atom. The van der Waals surface area contributed by atoms with Crippen molar-refractivity contribution < 1.29 is 13.2 Å². The van der Waals surface area contributed by atoms with E-state index in [1.54, 1.807) is 0 Å². The molecular formula is C12H27NO3S. The Kier molecular flexibility index (Phi) is 9.78. The molecule has 0 aromatic rings. The van der Waals surface area contributed by atoms with Gasteiger partial charge in [0.15, 0.2) is 0 Å². The summed E-state index contributed by atoms with van der Waals surface area (Å²) in [6.45, 7) is 4.90. The van der Waals surface area contributed by atoms with Crippen LogP contribution in [0.25, 0.3) is 0 Å². The number of sulfonamides is 1. The second-order valence-electron chi connectivity index (χ2n) is 4.60. The van der Waals surface area contributed by atoms with Crippen LogP contribution in [0.5, 0.6) is 0 Å².